The second-order valence-corrected chi connectivity index (χ2v) is 3.53. The summed E-state index contributed by atoms with van der Waals surface area (Å²) < 4.78 is 0. The topological polar surface area (TPSA) is 12.9 Å². The SMILES string of the molecule is C=Cc1sc(CC)nc1/C=C\C. The molecule has 2 heteroatoms. The molecular formula is C10H13NS. The minimum Gasteiger partial charge on any atom is -0.241 e. The van der Waals surface area contributed by atoms with Gasteiger partial charge in [-0.1, -0.05) is 19.6 Å². The molecule has 1 nitrogen and oxygen atoms in total. The third kappa shape index (κ3) is 1.83. The molecule has 1 rings (SSSR count). The standard InChI is InChI=1S/C10H13NS/c1-4-7-8-9(5-2)12-10(6-3)11-8/h4-5,7H,2,6H2,1,3H3/b7-4-. The van der Waals surface area contributed by atoms with Crippen molar-refractivity contribution in [1.29, 1.82) is 0 Å². The van der Waals surface area contributed by atoms with Crippen LogP contribution in [0.25, 0.3) is 12.2 Å². The number of rotatable bonds is 3. The van der Waals surface area contributed by atoms with Crippen molar-refractivity contribution in [2.24, 2.45) is 0 Å². The third-order valence-corrected chi connectivity index (χ3v) is 2.75. The van der Waals surface area contributed by atoms with E-state index in [9.17, 15) is 0 Å². The van der Waals surface area contributed by atoms with Crippen LogP contribution in [-0.2, 0) is 6.42 Å². The molecule has 1 aromatic rings. The van der Waals surface area contributed by atoms with Crippen molar-refractivity contribution >= 4 is 23.5 Å². The fourth-order valence-corrected chi connectivity index (χ4v) is 1.81. The Hall–Kier alpha value is -0.890. The Morgan fingerprint density at radius 2 is 2.33 bits per heavy atom. The van der Waals surface area contributed by atoms with Crippen LogP contribution in [0, 0.1) is 0 Å². The molecule has 0 saturated carbocycles. The molecule has 64 valence electrons. The third-order valence-electron chi connectivity index (χ3n) is 1.54. The smallest absolute Gasteiger partial charge is 0.0935 e. The second-order valence-electron chi connectivity index (χ2n) is 2.41. The summed E-state index contributed by atoms with van der Waals surface area (Å²) in [4.78, 5) is 5.62. The van der Waals surface area contributed by atoms with Crippen LogP contribution in [-0.4, -0.2) is 4.98 Å². The van der Waals surface area contributed by atoms with Crippen molar-refractivity contribution in [3.05, 3.63) is 28.2 Å². The van der Waals surface area contributed by atoms with Gasteiger partial charge in [0.25, 0.3) is 0 Å². The lowest BCUT2D eigenvalue weighted by atomic mass is 10.3. The van der Waals surface area contributed by atoms with Gasteiger partial charge in [-0.25, -0.2) is 4.98 Å². The molecule has 0 bridgehead atoms. The fraction of sp³-hybridized carbons (Fsp3) is 0.300. The Bertz CT molecular complexity index is 297. The van der Waals surface area contributed by atoms with Crippen molar-refractivity contribution in [1.82, 2.24) is 4.98 Å². The highest BCUT2D eigenvalue weighted by atomic mass is 32.1. The van der Waals surface area contributed by atoms with Gasteiger partial charge in [0.05, 0.1) is 15.6 Å². The molecule has 0 unspecified atom stereocenters. The molecule has 1 aromatic heterocycles. The normalized spacial score (nSPS) is 10.8. The number of aromatic nitrogens is 1. The first-order valence-corrected chi connectivity index (χ1v) is 4.88. The predicted molar refractivity (Wildman–Crippen MR) is 56.3 cm³/mol. The van der Waals surface area contributed by atoms with Crippen molar-refractivity contribution < 1.29 is 0 Å². The molecular weight excluding hydrogens is 166 g/mol. The minimum atomic E-state index is 1.00. The van der Waals surface area contributed by atoms with Crippen molar-refractivity contribution in [2.45, 2.75) is 20.3 Å². The van der Waals surface area contributed by atoms with Crippen LogP contribution in [0.2, 0.25) is 0 Å². The molecule has 0 aliphatic carbocycles. The Labute approximate surface area is 77.5 Å². The van der Waals surface area contributed by atoms with E-state index in [-0.39, 0.29) is 0 Å². The maximum atomic E-state index is 4.45. The quantitative estimate of drug-likeness (QED) is 0.693. The van der Waals surface area contributed by atoms with Crippen molar-refractivity contribution in [3.8, 4) is 0 Å². The number of nitrogens with zero attached hydrogens (tertiary/aromatic N) is 1. The van der Waals surface area contributed by atoms with Gasteiger partial charge in [-0.05, 0) is 25.5 Å². The molecule has 0 aliphatic heterocycles. The average molecular weight is 179 g/mol. The molecule has 12 heavy (non-hydrogen) atoms. The maximum absolute atomic E-state index is 4.45. The summed E-state index contributed by atoms with van der Waals surface area (Å²) in [7, 11) is 0. The summed E-state index contributed by atoms with van der Waals surface area (Å²) in [5, 5.41) is 1.18. The molecule has 0 aromatic carbocycles. The van der Waals surface area contributed by atoms with Gasteiger partial charge >= 0.3 is 0 Å². The summed E-state index contributed by atoms with van der Waals surface area (Å²) in [5.41, 5.74) is 1.05. The number of hydrogen-bond donors (Lipinski definition) is 0. The highest BCUT2D eigenvalue weighted by molar-refractivity contribution is 7.12. The van der Waals surface area contributed by atoms with Crippen LogP contribution >= 0.6 is 11.3 Å². The van der Waals surface area contributed by atoms with Crippen LogP contribution in [0.3, 0.4) is 0 Å². The van der Waals surface area contributed by atoms with Gasteiger partial charge in [-0.2, -0.15) is 0 Å². The van der Waals surface area contributed by atoms with Gasteiger partial charge in [0.15, 0.2) is 0 Å². The van der Waals surface area contributed by atoms with Crippen molar-refractivity contribution in [2.75, 3.05) is 0 Å². The summed E-state index contributed by atoms with van der Waals surface area (Å²) in [6.45, 7) is 7.87. The van der Waals surface area contributed by atoms with Gasteiger partial charge in [0.1, 0.15) is 0 Å². The van der Waals surface area contributed by atoms with E-state index in [1.165, 1.54) is 9.88 Å². The lowest BCUT2D eigenvalue weighted by Crippen LogP contribution is -1.77. The molecule has 0 saturated heterocycles. The summed E-state index contributed by atoms with van der Waals surface area (Å²) in [6, 6.07) is 0. The van der Waals surface area contributed by atoms with Gasteiger partial charge < -0.3 is 0 Å². The molecule has 0 fully saturated rings. The van der Waals surface area contributed by atoms with Crippen LogP contribution in [0.1, 0.15) is 29.4 Å². The molecule has 1 heterocycles. The Morgan fingerprint density at radius 3 is 2.83 bits per heavy atom. The first-order valence-electron chi connectivity index (χ1n) is 4.06. The van der Waals surface area contributed by atoms with E-state index in [2.05, 4.69) is 18.5 Å². The Balaban J connectivity index is 3.07. The maximum Gasteiger partial charge on any atom is 0.0935 e. The first kappa shape index (κ1) is 9.20. The van der Waals surface area contributed by atoms with Gasteiger partial charge in [0.2, 0.25) is 0 Å². The second kappa shape index (κ2) is 4.21. The minimum absolute atomic E-state index is 1.00. The summed E-state index contributed by atoms with van der Waals surface area (Å²) >= 11 is 1.72. The summed E-state index contributed by atoms with van der Waals surface area (Å²) in [5.74, 6) is 0. The number of thiazole rings is 1. The highest BCUT2D eigenvalue weighted by Gasteiger charge is 2.03. The zero-order chi connectivity index (χ0) is 8.97. The van der Waals surface area contributed by atoms with Crippen LogP contribution in [0.4, 0.5) is 0 Å². The van der Waals surface area contributed by atoms with E-state index in [1.807, 2.05) is 25.2 Å². The lowest BCUT2D eigenvalue weighted by molar-refractivity contribution is 1.09. The van der Waals surface area contributed by atoms with E-state index in [0.717, 1.165) is 12.1 Å². The largest absolute Gasteiger partial charge is 0.241 e. The summed E-state index contributed by atoms with van der Waals surface area (Å²) in [6.07, 6.45) is 6.89. The van der Waals surface area contributed by atoms with E-state index in [0.29, 0.717) is 0 Å². The Morgan fingerprint density at radius 1 is 1.58 bits per heavy atom. The Kier molecular flexibility index (Phi) is 3.23. The number of allylic oxidation sites excluding steroid dienone is 1. The molecule has 0 atom stereocenters. The monoisotopic (exact) mass is 179 g/mol. The molecule has 0 radical (unpaired) electrons. The van der Waals surface area contributed by atoms with Crippen LogP contribution < -0.4 is 0 Å². The van der Waals surface area contributed by atoms with Gasteiger partial charge in [0, 0.05) is 0 Å². The molecule has 0 spiro atoms. The zero-order valence-electron chi connectivity index (χ0n) is 7.50. The number of hydrogen-bond acceptors (Lipinski definition) is 2. The lowest BCUT2D eigenvalue weighted by Gasteiger charge is -1.85. The van der Waals surface area contributed by atoms with E-state index >= 15 is 0 Å². The number of aryl methyl sites for hydroxylation is 1. The highest BCUT2D eigenvalue weighted by Crippen LogP contribution is 2.21. The van der Waals surface area contributed by atoms with Crippen LogP contribution in [0.15, 0.2) is 12.7 Å². The van der Waals surface area contributed by atoms with E-state index in [1.54, 1.807) is 11.3 Å². The molecule has 0 amide bonds. The van der Waals surface area contributed by atoms with Crippen LogP contribution in [0.5, 0.6) is 0 Å². The van der Waals surface area contributed by atoms with Gasteiger partial charge in [-0.3, -0.25) is 0 Å². The van der Waals surface area contributed by atoms with E-state index in [4.69, 9.17) is 0 Å². The van der Waals surface area contributed by atoms with Gasteiger partial charge in [-0.15, -0.1) is 11.3 Å². The average Bonchev–Trinajstić information content (AvgIpc) is 2.48. The predicted octanol–water partition coefficient (Wildman–Crippen LogP) is 3.38. The fourth-order valence-electron chi connectivity index (χ4n) is 0.966. The van der Waals surface area contributed by atoms with E-state index < -0.39 is 0 Å². The first-order chi connectivity index (χ1) is 5.81. The molecule has 0 aliphatic rings. The zero-order valence-corrected chi connectivity index (χ0v) is 8.32. The van der Waals surface area contributed by atoms with Crippen molar-refractivity contribution in [3.63, 3.8) is 0 Å². The molecule has 0 N–H and O–H groups in total.